The van der Waals surface area contributed by atoms with Crippen molar-refractivity contribution in [3.05, 3.63) is 52.7 Å². The van der Waals surface area contributed by atoms with Gasteiger partial charge in [-0.05, 0) is 24.1 Å². The first kappa shape index (κ1) is 11.2. The van der Waals surface area contributed by atoms with Crippen LogP contribution in [0, 0.1) is 0 Å². The molecule has 0 fully saturated rings. The highest BCUT2D eigenvalue weighted by Crippen LogP contribution is 2.09. The van der Waals surface area contributed by atoms with Gasteiger partial charge in [0.15, 0.2) is 0 Å². The van der Waals surface area contributed by atoms with Gasteiger partial charge in [-0.15, -0.1) is 0 Å². The zero-order valence-corrected chi connectivity index (χ0v) is 9.09. The van der Waals surface area contributed by atoms with E-state index >= 15 is 0 Å². The van der Waals surface area contributed by atoms with Crippen LogP contribution in [0.2, 0.25) is 0 Å². The van der Waals surface area contributed by atoms with E-state index < -0.39 is 5.97 Å². The Morgan fingerprint density at radius 2 is 2.00 bits per heavy atom. The summed E-state index contributed by atoms with van der Waals surface area (Å²) >= 11 is 0. The molecule has 0 spiro atoms. The number of hydrogen-bond donors (Lipinski definition) is 2. The summed E-state index contributed by atoms with van der Waals surface area (Å²) in [5, 5.41) is 8.57. The maximum Gasteiger partial charge on any atom is 0.330 e. The van der Waals surface area contributed by atoms with E-state index in [0.717, 1.165) is 11.3 Å². The number of benzene rings is 1. The molecule has 0 aliphatic carbocycles. The minimum atomic E-state index is -0.809. The van der Waals surface area contributed by atoms with Crippen LogP contribution < -0.4 is 5.69 Å². The number of carboxylic acids is 1. The van der Waals surface area contributed by atoms with Crippen LogP contribution in [0.3, 0.4) is 0 Å². The van der Waals surface area contributed by atoms with Gasteiger partial charge in [-0.1, -0.05) is 12.1 Å². The highest BCUT2D eigenvalue weighted by molar-refractivity contribution is 5.67. The molecule has 2 aromatic rings. The molecule has 5 nitrogen and oxygen atoms in total. The van der Waals surface area contributed by atoms with Gasteiger partial charge in [0, 0.05) is 18.8 Å². The SMILES string of the molecule is O=C(O)CCc1ccc(-n2cc[nH]c2=O)cc1. The Hall–Kier alpha value is -2.30. The van der Waals surface area contributed by atoms with Gasteiger partial charge in [0.1, 0.15) is 0 Å². The topological polar surface area (TPSA) is 75.1 Å². The monoisotopic (exact) mass is 232 g/mol. The molecular formula is C12H12N2O3. The molecule has 1 aromatic carbocycles. The second kappa shape index (κ2) is 4.69. The largest absolute Gasteiger partial charge is 0.481 e. The van der Waals surface area contributed by atoms with Crippen molar-refractivity contribution in [1.82, 2.24) is 9.55 Å². The molecule has 2 rings (SSSR count). The molecule has 0 aliphatic heterocycles. The van der Waals surface area contributed by atoms with Crippen molar-refractivity contribution in [3.63, 3.8) is 0 Å². The Bertz CT molecular complexity index is 566. The predicted molar refractivity (Wildman–Crippen MR) is 62.3 cm³/mol. The Kier molecular flexibility index (Phi) is 3.09. The summed E-state index contributed by atoms with van der Waals surface area (Å²) in [6, 6.07) is 7.26. The lowest BCUT2D eigenvalue weighted by molar-refractivity contribution is -0.136. The molecule has 0 amide bonds. The highest BCUT2D eigenvalue weighted by atomic mass is 16.4. The molecule has 5 heteroatoms. The van der Waals surface area contributed by atoms with Crippen LogP contribution in [0.15, 0.2) is 41.5 Å². The van der Waals surface area contributed by atoms with E-state index in [1.165, 1.54) is 4.57 Å². The number of H-pyrrole nitrogens is 1. The fraction of sp³-hybridized carbons (Fsp3) is 0.167. The zero-order chi connectivity index (χ0) is 12.3. The zero-order valence-electron chi connectivity index (χ0n) is 9.09. The van der Waals surface area contributed by atoms with Gasteiger partial charge >= 0.3 is 11.7 Å². The summed E-state index contributed by atoms with van der Waals surface area (Å²) in [6.45, 7) is 0. The number of aliphatic carboxylic acids is 1. The first-order valence-corrected chi connectivity index (χ1v) is 5.24. The third-order valence-electron chi connectivity index (χ3n) is 2.49. The van der Waals surface area contributed by atoms with Crippen LogP contribution in [0.5, 0.6) is 0 Å². The van der Waals surface area contributed by atoms with Crippen molar-refractivity contribution in [1.29, 1.82) is 0 Å². The van der Waals surface area contributed by atoms with Crippen LogP contribution in [0.4, 0.5) is 0 Å². The summed E-state index contributed by atoms with van der Waals surface area (Å²) < 4.78 is 1.49. The number of carboxylic acid groups (broad SMARTS) is 1. The van der Waals surface area contributed by atoms with Gasteiger partial charge in [0.2, 0.25) is 0 Å². The number of aromatic amines is 1. The van der Waals surface area contributed by atoms with E-state index in [1.54, 1.807) is 24.5 Å². The van der Waals surface area contributed by atoms with E-state index in [-0.39, 0.29) is 12.1 Å². The van der Waals surface area contributed by atoms with Crippen molar-refractivity contribution in [2.45, 2.75) is 12.8 Å². The van der Waals surface area contributed by atoms with Crippen LogP contribution in [-0.4, -0.2) is 20.6 Å². The molecule has 0 radical (unpaired) electrons. The Balaban J connectivity index is 2.16. The molecule has 0 atom stereocenters. The van der Waals surface area contributed by atoms with Gasteiger partial charge in [0.25, 0.3) is 0 Å². The summed E-state index contributed by atoms with van der Waals surface area (Å²) in [4.78, 5) is 24.3. The van der Waals surface area contributed by atoms with Crippen molar-refractivity contribution in [3.8, 4) is 5.69 Å². The lowest BCUT2D eigenvalue weighted by atomic mass is 10.1. The molecule has 0 saturated heterocycles. The smallest absolute Gasteiger partial charge is 0.330 e. The number of aryl methyl sites for hydroxylation is 1. The van der Waals surface area contributed by atoms with Crippen LogP contribution in [-0.2, 0) is 11.2 Å². The van der Waals surface area contributed by atoms with E-state index in [9.17, 15) is 9.59 Å². The van der Waals surface area contributed by atoms with Gasteiger partial charge in [-0.2, -0.15) is 0 Å². The number of carbonyl (C=O) groups is 1. The maximum absolute atomic E-state index is 11.3. The van der Waals surface area contributed by atoms with Gasteiger partial charge in [-0.25, -0.2) is 4.79 Å². The lowest BCUT2D eigenvalue weighted by Gasteiger charge is -2.03. The fourth-order valence-electron chi connectivity index (χ4n) is 1.60. The van der Waals surface area contributed by atoms with Crippen LogP contribution in [0.1, 0.15) is 12.0 Å². The van der Waals surface area contributed by atoms with Gasteiger partial charge in [-0.3, -0.25) is 9.36 Å². The molecule has 1 aromatic heterocycles. The number of hydrogen-bond acceptors (Lipinski definition) is 2. The lowest BCUT2D eigenvalue weighted by Crippen LogP contribution is -2.13. The van der Waals surface area contributed by atoms with Crippen LogP contribution in [0.25, 0.3) is 5.69 Å². The average molecular weight is 232 g/mol. The normalized spacial score (nSPS) is 10.4. The molecule has 0 aliphatic rings. The fourth-order valence-corrected chi connectivity index (χ4v) is 1.60. The molecule has 0 unspecified atom stereocenters. The summed E-state index contributed by atoms with van der Waals surface area (Å²) in [5.41, 5.74) is 1.51. The number of imidazole rings is 1. The van der Waals surface area contributed by atoms with Crippen molar-refractivity contribution in [2.24, 2.45) is 0 Å². The summed E-state index contributed by atoms with van der Waals surface area (Å²) in [7, 11) is 0. The average Bonchev–Trinajstić information content (AvgIpc) is 2.73. The Morgan fingerprint density at radius 3 is 2.53 bits per heavy atom. The van der Waals surface area contributed by atoms with Gasteiger partial charge in [0.05, 0.1) is 5.69 Å². The molecule has 2 N–H and O–H groups in total. The predicted octanol–water partition coefficient (Wildman–Crippen LogP) is 1.18. The quantitative estimate of drug-likeness (QED) is 0.831. The van der Waals surface area contributed by atoms with Crippen molar-refractivity contribution < 1.29 is 9.90 Å². The van der Waals surface area contributed by atoms with Gasteiger partial charge < -0.3 is 10.1 Å². The highest BCUT2D eigenvalue weighted by Gasteiger charge is 2.01. The Labute approximate surface area is 97.3 Å². The molecule has 1 heterocycles. The first-order chi connectivity index (χ1) is 8.16. The minimum absolute atomic E-state index is 0.115. The van der Waals surface area contributed by atoms with Crippen LogP contribution >= 0.6 is 0 Å². The number of aromatic nitrogens is 2. The Morgan fingerprint density at radius 1 is 1.29 bits per heavy atom. The number of rotatable bonds is 4. The third-order valence-corrected chi connectivity index (χ3v) is 2.49. The number of nitrogens with one attached hydrogen (secondary N) is 1. The third kappa shape index (κ3) is 2.63. The summed E-state index contributed by atoms with van der Waals surface area (Å²) in [5.74, 6) is -0.809. The van der Waals surface area contributed by atoms with E-state index in [0.29, 0.717) is 6.42 Å². The standard InChI is InChI=1S/C12H12N2O3/c15-11(16)6-3-9-1-4-10(5-2-9)14-8-7-13-12(14)17/h1-2,4-5,7-8H,3,6H2,(H,13,17)(H,15,16). The molecular weight excluding hydrogens is 220 g/mol. The maximum atomic E-state index is 11.3. The molecule has 88 valence electrons. The second-order valence-corrected chi connectivity index (χ2v) is 3.70. The van der Waals surface area contributed by atoms with E-state index in [4.69, 9.17) is 5.11 Å². The second-order valence-electron chi connectivity index (χ2n) is 3.70. The summed E-state index contributed by atoms with van der Waals surface area (Å²) in [6.07, 6.45) is 3.83. The molecule has 0 saturated carbocycles. The van der Waals surface area contributed by atoms with Crippen molar-refractivity contribution >= 4 is 5.97 Å². The van der Waals surface area contributed by atoms with Crippen molar-refractivity contribution in [2.75, 3.05) is 0 Å². The first-order valence-electron chi connectivity index (χ1n) is 5.24. The van der Waals surface area contributed by atoms with E-state index in [1.807, 2.05) is 12.1 Å². The van der Waals surface area contributed by atoms with E-state index in [2.05, 4.69) is 4.98 Å². The molecule has 0 bridgehead atoms. The number of nitrogens with zero attached hydrogens (tertiary/aromatic N) is 1. The minimum Gasteiger partial charge on any atom is -0.481 e. The molecule has 17 heavy (non-hydrogen) atoms.